The van der Waals surface area contributed by atoms with Crippen molar-refractivity contribution in [1.82, 2.24) is 5.32 Å². The maximum Gasteiger partial charge on any atom is 0.0372 e. The standard InChI is InChI=1S/C18H29N/c1-5-14(2)15-8-10-16(11-9-15)17(19-4)18(3)12-6-7-13-18/h8-11,14,17,19H,5-7,12-13H2,1-4H3. The van der Waals surface area contributed by atoms with Crippen molar-refractivity contribution in [3.05, 3.63) is 35.4 Å². The predicted octanol–water partition coefficient (Wildman–Crippen LogP) is 5.04. The van der Waals surface area contributed by atoms with Crippen molar-refractivity contribution in [2.45, 2.75) is 64.8 Å². The Morgan fingerprint density at radius 1 is 1.11 bits per heavy atom. The Morgan fingerprint density at radius 2 is 1.63 bits per heavy atom. The molecule has 0 bridgehead atoms. The fraction of sp³-hybridized carbons (Fsp3) is 0.667. The lowest BCUT2D eigenvalue weighted by Crippen LogP contribution is -2.32. The molecule has 0 amide bonds. The van der Waals surface area contributed by atoms with Crippen LogP contribution in [0.15, 0.2) is 24.3 Å². The molecule has 1 aliphatic carbocycles. The van der Waals surface area contributed by atoms with E-state index in [0.29, 0.717) is 17.4 Å². The molecule has 0 aromatic heterocycles. The molecule has 2 atom stereocenters. The second kappa shape index (κ2) is 6.09. The summed E-state index contributed by atoms with van der Waals surface area (Å²) in [7, 11) is 2.11. The fourth-order valence-corrected chi connectivity index (χ4v) is 3.64. The highest BCUT2D eigenvalue weighted by molar-refractivity contribution is 5.28. The van der Waals surface area contributed by atoms with Gasteiger partial charge in [0.05, 0.1) is 0 Å². The maximum absolute atomic E-state index is 3.56. The lowest BCUT2D eigenvalue weighted by atomic mass is 9.77. The lowest BCUT2D eigenvalue weighted by Gasteiger charge is -2.34. The van der Waals surface area contributed by atoms with Crippen molar-refractivity contribution in [2.75, 3.05) is 7.05 Å². The second-order valence-corrected chi connectivity index (χ2v) is 6.56. The molecule has 1 heteroatoms. The Morgan fingerprint density at radius 3 is 2.11 bits per heavy atom. The van der Waals surface area contributed by atoms with Gasteiger partial charge in [-0.05, 0) is 48.8 Å². The van der Waals surface area contributed by atoms with Crippen molar-refractivity contribution in [3.8, 4) is 0 Å². The normalized spacial score (nSPS) is 21.3. The van der Waals surface area contributed by atoms with E-state index >= 15 is 0 Å². The second-order valence-electron chi connectivity index (χ2n) is 6.56. The van der Waals surface area contributed by atoms with Crippen LogP contribution in [0.2, 0.25) is 0 Å². The molecule has 2 unspecified atom stereocenters. The van der Waals surface area contributed by atoms with Crippen molar-refractivity contribution >= 4 is 0 Å². The topological polar surface area (TPSA) is 12.0 Å². The molecule has 106 valence electrons. The van der Waals surface area contributed by atoms with Gasteiger partial charge in [0, 0.05) is 6.04 Å². The van der Waals surface area contributed by atoms with Gasteiger partial charge in [0.15, 0.2) is 0 Å². The van der Waals surface area contributed by atoms with Gasteiger partial charge in [-0.1, -0.05) is 57.9 Å². The molecule has 0 spiro atoms. The SMILES string of the molecule is CCC(C)c1ccc(C(NC)C2(C)CCCC2)cc1. The van der Waals surface area contributed by atoms with Gasteiger partial charge in [0.25, 0.3) is 0 Å². The zero-order valence-electron chi connectivity index (χ0n) is 13.0. The molecule has 1 aromatic rings. The quantitative estimate of drug-likeness (QED) is 0.781. The van der Waals surface area contributed by atoms with E-state index in [1.54, 1.807) is 0 Å². The van der Waals surface area contributed by atoms with Crippen LogP contribution in [-0.4, -0.2) is 7.05 Å². The Kier molecular flexibility index (Phi) is 4.67. The van der Waals surface area contributed by atoms with Crippen LogP contribution in [0.5, 0.6) is 0 Å². The zero-order chi connectivity index (χ0) is 13.9. The number of nitrogens with one attached hydrogen (secondary N) is 1. The predicted molar refractivity (Wildman–Crippen MR) is 83.5 cm³/mol. The molecule has 1 saturated carbocycles. The Balaban J connectivity index is 2.19. The maximum atomic E-state index is 3.56. The van der Waals surface area contributed by atoms with Crippen LogP contribution in [0, 0.1) is 5.41 Å². The molecular weight excluding hydrogens is 230 g/mol. The first-order valence-electron chi connectivity index (χ1n) is 7.88. The van der Waals surface area contributed by atoms with Crippen LogP contribution < -0.4 is 5.32 Å². The molecular formula is C18H29N. The van der Waals surface area contributed by atoms with E-state index in [1.807, 2.05) is 0 Å². The van der Waals surface area contributed by atoms with E-state index in [0.717, 1.165) is 0 Å². The molecule has 0 heterocycles. The Labute approximate surface area is 118 Å². The van der Waals surface area contributed by atoms with Crippen LogP contribution >= 0.6 is 0 Å². The van der Waals surface area contributed by atoms with Crippen LogP contribution in [0.25, 0.3) is 0 Å². The summed E-state index contributed by atoms with van der Waals surface area (Å²) in [5.74, 6) is 0.671. The Bertz CT molecular complexity index is 387. The molecule has 0 radical (unpaired) electrons. The summed E-state index contributed by atoms with van der Waals surface area (Å²) in [5.41, 5.74) is 3.36. The van der Waals surface area contributed by atoms with E-state index in [-0.39, 0.29) is 0 Å². The summed E-state index contributed by atoms with van der Waals surface area (Å²) in [6, 6.07) is 9.83. The summed E-state index contributed by atoms with van der Waals surface area (Å²) in [6.07, 6.45) is 6.70. The molecule has 0 aliphatic heterocycles. The van der Waals surface area contributed by atoms with Gasteiger partial charge in [-0.15, -0.1) is 0 Å². The van der Waals surface area contributed by atoms with E-state index in [9.17, 15) is 0 Å². The van der Waals surface area contributed by atoms with Gasteiger partial charge in [0.1, 0.15) is 0 Å². The number of rotatable bonds is 5. The average Bonchev–Trinajstić information content (AvgIpc) is 2.87. The number of hydrogen-bond acceptors (Lipinski definition) is 1. The fourth-order valence-electron chi connectivity index (χ4n) is 3.64. The average molecular weight is 259 g/mol. The smallest absolute Gasteiger partial charge is 0.0372 e. The lowest BCUT2D eigenvalue weighted by molar-refractivity contribution is 0.234. The van der Waals surface area contributed by atoms with Crippen LogP contribution in [0.3, 0.4) is 0 Å². The first-order chi connectivity index (χ1) is 9.10. The third kappa shape index (κ3) is 3.02. The summed E-state index contributed by atoms with van der Waals surface area (Å²) in [5, 5.41) is 3.56. The molecule has 2 rings (SSSR count). The molecule has 1 fully saturated rings. The van der Waals surface area contributed by atoms with Gasteiger partial charge in [0.2, 0.25) is 0 Å². The summed E-state index contributed by atoms with van der Waals surface area (Å²) >= 11 is 0. The van der Waals surface area contributed by atoms with Crippen LogP contribution in [0.4, 0.5) is 0 Å². The summed E-state index contributed by atoms with van der Waals surface area (Å²) in [4.78, 5) is 0. The first-order valence-corrected chi connectivity index (χ1v) is 7.88. The molecule has 1 nitrogen and oxygen atoms in total. The van der Waals surface area contributed by atoms with Crippen molar-refractivity contribution in [2.24, 2.45) is 5.41 Å². The van der Waals surface area contributed by atoms with Crippen LogP contribution in [-0.2, 0) is 0 Å². The monoisotopic (exact) mass is 259 g/mol. The minimum Gasteiger partial charge on any atom is -0.313 e. The van der Waals surface area contributed by atoms with E-state index < -0.39 is 0 Å². The zero-order valence-corrected chi connectivity index (χ0v) is 13.0. The number of benzene rings is 1. The minimum atomic E-state index is 0.437. The highest BCUT2D eigenvalue weighted by atomic mass is 14.9. The summed E-state index contributed by atoms with van der Waals surface area (Å²) in [6.45, 7) is 7.02. The van der Waals surface area contributed by atoms with Crippen molar-refractivity contribution in [3.63, 3.8) is 0 Å². The van der Waals surface area contributed by atoms with E-state index in [4.69, 9.17) is 0 Å². The van der Waals surface area contributed by atoms with Gasteiger partial charge in [-0.25, -0.2) is 0 Å². The number of hydrogen-bond donors (Lipinski definition) is 1. The summed E-state index contributed by atoms with van der Waals surface area (Å²) < 4.78 is 0. The molecule has 0 saturated heterocycles. The van der Waals surface area contributed by atoms with Gasteiger partial charge >= 0.3 is 0 Å². The molecule has 19 heavy (non-hydrogen) atoms. The van der Waals surface area contributed by atoms with Gasteiger partial charge < -0.3 is 5.32 Å². The molecule has 1 aliphatic rings. The van der Waals surface area contributed by atoms with E-state index in [1.165, 1.54) is 43.2 Å². The van der Waals surface area contributed by atoms with Crippen molar-refractivity contribution in [1.29, 1.82) is 0 Å². The van der Waals surface area contributed by atoms with Crippen molar-refractivity contribution < 1.29 is 0 Å². The van der Waals surface area contributed by atoms with E-state index in [2.05, 4.69) is 57.4 Å². The third-order valence-corrected chi connectivity index (χ3v) is 5.18. The highest BCUT2D eigenvalue weighted by Crippen LogP contribution is 2.47. The highest BCUT2D eigenvalue weighted by Gasteiger charge is 2.36. The van der Waals surface area contributed by atoms with Gasteiger partial charge in [-0.3, -0.25) is 0 Å². The minimum absolute atomic E-state index is 0.437. The largest absolute Gasteiger partial charge is 0.313 e. The first kappa shape index (κ1) is 14.6. The van der Waals surface area contributed by atoms with Gasteiger partial charge in [-0.2, -0.15) is 0 Å². The molecule has 1 aromatic carbocycles. The Hall–Kier alpha value is -0.820. The van der Waals surface area contributed by atoms with Crippen LogP contribution in [0.1, 0.15) is 76.0 Å². The molecule has 1 N–H and O–H groups in total. The third-order valence-electron chi connectivity index (χ3n) is 5.18.